The molecule has 0 aliphatic rings. The van der Waals surface area contributed by atoms with Gasteiger partial charge in [-0.25, -0.2) is 4.79 Å². The predicted molar refractivity (Wildman–Crippen MR) is 67.9 cm³/mol. The third-order valence-electron chi connectivity index (χ3n) is 2.14. The van der Waals surface area contributed by atoms with Gasteiger partial charge in [-0.3, -0.25) is 14.7 Å². The summed E-state index contributed by atoms with van der Waals surface area (Å²) in [5.74, 6) is -2.67. The van der Waals surface area contributed by atoms with E-state index in [4.69, 9.17) is 9.84 Å². The van der Waals surface area contributed by atoms with Crippen molar-refractivity contribution in [2.45, 2.75) is 38.8 Å². The van der Waals surface area contributed by atoms with Crippen molar-refractivity contribution in [1.82, 2.24) is 15.5 Å². The van der Waals surface area contributed by atoms with E-state index in [2.05, 4.69) is 15.5 Å². The van der Waals surface area contributed by atoms with E-state index in [0.717, 1.165) is 0 Å². The first-order valence-electron chi connectivity index (χ1n) is 5.94. The van der Waals surface area contributed by atoms with E-state index in [0.29, 0.717) is 0 Å². The maximum atomic E-state index is 11.7. The minimum absolute atomic E-state index is 0.112. The second-order valence-corrected chi connectivity index (χ2v) is 5.13. The first kappa shape index (κ1) is 15.7. The normalized spacial score (nSPS) is 12.6. The van der Waals surface area contributed by atoms with Gasteiger partial charge >= 0.3 is 11.9 Å². The number of carbonyl (C=O) groups excluding carboxylic acids is 2. The predicted octanol–water partition coefficient (Wildman–Crippen LogP) is 0.325. The Labute approximate surface area is 115 Å². The summed E-state index contributed by atoms with van der Waals surface area (Å²) in [6, 6.07) is 0.0301. The van der Waals surface area contributed by atoms with Crippen LogP contribution in [-0.2, 0) is 14.3 Å². The smallest absolute Gasteiger partial charge is 0.326 e. The Balaban J connectivity index is 2.64. The van der Waals surface area contributed by atoms with Gasteiger partial charge in [0.05, 0.1) is 6.42 Å². The lowest BCUT2D eigenvalue weighted by molar-refractivity contribution is -0.158. The molecular weight excluding hydrogens is 266 g/mol. The van der Waals surface area contributed by atoms with Crippen LogP contribution in [-0.4, -0.2) is 44.8 Å². The SMILES string of the molecule is CC(C)(C)OC(=O)C[C@H](NC(=O)c1ccn[nH]1)C(=O)O. The van der Waals surface area contributed by atoms with Gasteiger partial charge in [0.2, 0.25) is 0 Å². The summed E-state index contributed by atoms with van der Waals surface area (Å²) < 4.78 is 5.02. The van der Waals surface area contributed by atoms with Crippen molar-refractivity contribution in [2.75, 3.05) is 0 Å². The van der Waals surface area contributed by atoms with Crippen LogP contribution in [0.4, 0.5) is 0 Å². The van der Waals surface area contributed by atoms with Crippen molar-refractivity contribution in [1.29, 1.82) is 0 Å². The third kappa shape index (κ3) is 5.09. The number of carbonyl (C=O) groups is 3. The summed E-state index contributed by atoms with van der Waals surface area (Å²) >= 11 is 0. The first-order chi connectivity index (χ1) is 9.19. The molecule has 0 spiro atoms. The van der Waals surface area contributed by atoms with Gasteiger partial charge < -0.3 is 15.2 Å². The molecule has 20 heavy (non-hydrogen) atoms. The molecule has 1 amide bonds. The van der Waals surface area contributed by atoms with E-state index in [1.165, 1.54) is 12.3 Å². The molecular formula is C12H17N3O5. The molecule has 0 aliphatic carbocycles. The molecule has 1 heterocycles. The van der Waals surface area contributed by atoms with Crippen LogP contribution in [0.1, 0.15) is 37.7 Å². The monoisotopic (exact) mass is 283 g/mol. The molecule has 1 aromatic rings. The number of hydrogen-bond acceptors (Lipinski definition) is 5. The van der Waals surface area contributed by atoms with Crippen molar-refractivity contribution < 1.29 is 24.2 Å². The van der Waals surface area contributed by atoms with Gasteiger partial charge in [-0.2, -0.15) is 5.10 Å². The molecule has 1 atom stereocenters. The van der Waals surface area contributed by atoms with Crippen LogP contribution >= 0.6 is 0 Å². The Morgan fingerprint density at radius 3 is 2.55 bits per heavy atom. The number of H-pyrrole nitrogens is 1. The van der Waals surface area contributed by atoms with E-state index in [1.807, 2.05) is 0 Å². The van der Waals surface area contributed by atoms with Crippen LogP contribution in [0.5, 0.6) is 0 Å². The van der Waals surface area contributed by atoms with Crippen LogP contribution in [0.25, 0.3) is 0 Å². The molecule has 0 aliphatic heterocycles. The Morgan fingerprint density at radius 2 is 2.10 bits per heavy atom. The lowest BCUT2D eigenvalue weighted by Crippen LogP contribution is -2.43. The maximum Gasteiger partial charge on any atom is 0.326 e. The fourth-order valence-electron chi connectivity index (χ4n) is 1.37. The zero-order chi connectivity index (χ0) is 15.3. The van der Waals surface area contributed by atoms with Crippen LogP contribution in [0.2, 0.25) is 0 Å². The van der Waals surface area contributed by atoms with E-state index < -0.39 is 35.9 Å². The minimum atomic E-state index is -1.36. The highest BCUT2D eigenvalue weighted by Gasteiger charge is 2.27. The molecule has 0 bridgehead atoms. The van der Waals surface area contributed by atoms with E-state index >= 15 is 0 Å². The molecule has 3 N–H and O–H groups in total. The van der Waals surface area contributed by atoms with E-state index in [1.54, 1.807) is 20.8 Å². The van der Waals surface area contributed by atoms with Crippen molar-refractivity contribution >= 4 is 17.8 Å². The molecule has 8 nitrogen and oxygen atoms in total. The van der Waals surface area contributed by atoms with Crippen LogP contribution in [0, 0.1) is 0 Å². The van der Waals surface area contributed by atoms with Crippen LogP contribution < -0.4 is 5.32 Å². The molecule has 0 fully saturated rings. The molecule has 0 saturated heterocycles. The standard InChI is InChI=1S/C12H17N3O5/c1-12(2,3)20-9(16)6-8(11(18)19)14-10(17)7-4-5-13-15-7/h4-5,8H,6H2,1-3H3,(H,13,15)(H,14,17)(H,18,19)/t8-/m0/s1. The van der Waals surface area contributed by atoms with Gasteiger partial charge in [0.1, 0.15) is 17.3 Å². The molecule has 0 radical (unpaired) electrons. The summed E-state index contributed by atoms with van der Waals surface area (Å²) in [7, 11) is 0. The number of carboxylic acid groups (broad SMARTS) is 1. The van der Waals surface area contributed by atoms with Crippen molar-refractivity contribution in [2.24, 2.45) is 0 Å². The van der Waals surface area contributed by atoms with Gasteiger partial charge in [0.25, 0.3) is 5.91 Å². The van der Waals surface area contributed by atoms with Crippen molar-refractivity contribution in [3.63, 3.8) is 0 Å². The Bertz CT molecular complexity index is 490. The molecule has 0 saturated carbocycles. The number of aromatic amines is 1. The maximum absolute atomic E-state index is 11.7. The Kier molecular flexibility index (Phi) is 4.84. The number of carboxylic acids is 1. The Morgan fingerprint density at radius 1 is 1.45 bits per heavy atom. The van der Waals surface area contributed by atoms with Gasteiger partial charge in [-0.1, -0.05) is 0 Å². The number of aromatic nitrogens is 2. The van der Waals surface area contributed by atoms with Crippen LogP contribution in [0.3, 0.4) is 0 Å². The number of nitrogens with zero attached hydrogens (tertiary/aromatic N) is 1. The number of rotatable bonds is 5. The number of aliphatic carboxylic acids is 1. The average molecular weight is 283 g/mol. The summed E-state index contributed by atoms with van der Waals surface area (Å²) in [5, 5.41) is 17.2. The van der Waals surface area contributed by atoms with E-state index in [-0.39, 0.29) is 5.69 Å². The second-order valence-electron chi connectivity index (χ2n) is 5.13. The molecule has 0 unspecified atom stereocenters. The molecule has 8 heteroatoms. The third-order valence-corrected chi connectivity index (χ3v) is 2.14. The number of ether oxygens (including phenoxy) is 1. The second kappa shape index (κ2) is 6.18. The number of hydrogen-bond donors (Lipinski definition) is 3. The summed E-state index contributed by atoms with van der Waals surface area (Å²) in [6.45, 7) is 5.01. The highest BCUT2D eigenvalue weighted by molar-refractivity contribution is 5.95. The number of esters is 1. The van der Waals surface area contributed by atoms with Gasteiger partial charge in [-0.05, 0) is 26.8 Å². The zero-order valence-electron chi connectivity index (χ0n) is 11.5. The Hall–Kier alpha value is -2.38. The topological polar surface area (TPSA) is 121 Å². The van der Waals surface area contributed by atoms with E-state index in [9.17, 15) is 14.4 Å². The van der Waals surface area contributed by atoms with Crippen molar-refractivity contribution in [3.8, 4) is 0 Å². The summed E-state index contributed by atoms with van der Waals surface area (Å²) in [4.78, 5) is 34.3. The zero-order valence-corrected chi connectivity index (χ0v) is 11.5. The highest BCUT2D eigenvalue weighted by atomic mass is 16.6. The molecule has 0 aromatic carbocycles. The highest BCUT2D eigenvalue weighted by Crippen LogP contribution is 2.09. The van der Waals surface area contributed by atoms with Crippen LogP contribution in [0.15, 0.2) is 12.3 Å². The average Bonchev–Trinajstić information content (AvgIpc) is 2.78. The minimum Gasteiger partial charge on any atom is -0.480 e. The largest absolute Gasteiger partial charge is 0.480 e. The fraction of sp³-hybridized carbons (Fsp3) is 0.500. The lowest BCUT2D eigenvalue weighted by atomic mass is 10.1. The van der Waals surface area contributed by atoms with Crippen molar-refractivity contribution in [3.05, 3.63) is 18.0 Å². The first-order valence-corrected chi connectivity index (χ1v) is 5.94. The van der Waals surface area contributed by atoms with Gasteiger partial charge in [0.15, 0.2) is 0 Å². The fourth-order valence-corrected chi connectivity index (χ4v) is 1.37. The van der Waals surface area contributed by atoms with Gasteiger partial charge in [-0.15, -0.1) is 0 Å². The molecule has 1 rings (SSSR count). The summed E-state index contributed by atoms with van der Waals surface area (Å²) in [6.07, 6.45) is 0.908. The lowest BCUT2D eigenvalue weighted by Gasteiger charge is -2.21. The quantitative estimate of drug-likeness (QED) is 0.669. The summed E-state index contributed by atoms with van der Waals surface area (Å²) in [5.41, 5.74) is -0.603. The molecule has 1 aromatic heterocycles. The van der Waals surface area contributed by atoms with Gasteiger partial charge in [0, 0.05) is 6.20 Å². The number of nitrogens with one attached hydrogen (secondary N) is 2. The number of amides is 1. The molecule has 110 valence electrons.